The van der Waals surface area contributed by atoms with Gasteiger partial charge in [0.05, 0.1) is 0 Å². The van der Waals surface area contributed by atoms with Crippen LogP contribution in [0.3, 0.4) is 0 Å². The maximum absolute atomic E-state index is 12.9. The van der Waals surface area contributed by atoms with E-state index in [2.05, 4.69) is 54.7 Å². The molecule has 6 aliphatic rings. The molecule has 3 saturated carbocycles. The lowest BCUT2D eigenvalue weighted by Gasteiger charge is -2.42. The van der Waals surface area contributed by atoms with Gasteiger partial charge in [0.15, 0.2) is 17.3 Å². The molecule has 3 aromatic carbocycles. The van der Waals surface area contributed by atoms with Crippen molar-refractivity contribution >= 4 is 88.6 Å². The minimum atomic E-state index is -0.332. The number of carbonyl (C=O) groups excluding carboxylic acids is 8. The predicted molar refractivity (Wildman–Crippen MR) is 241 cm³/mol. The zero-order valence-corrected chi connectivity index (χ0v) is 40.1. The molecule has 0 aliphatic heterocycles. The topological polar surface area (TPSA) is 137 Å². The Morgan fingerprint density at radius 3 is 1.26 bits per heavy atom. The molecule has 2 unspecified atom stereocenters. The van der Waals surface area contributed by atoms with Crippen LogP contribution < -0.4 is 0 Å². The van der Waals surface area contributed by atoms with Crippen molar-refractivity contribution in [2.75, 3.05) is 0 Å². The molecule has 9 rings (SSSR count). The van der Waals surface area contributed by atoms with Gasteiger partial charge in [-0.05, 0) is 130 Å². The number of benzene rings is 3. The van der Waals surface area contributed by atoms with E-state index in [1.807, 2.05) is 75.4 Å². The molecule has 6 atom stereocenters. The normalized spacial score (nSPS) is 29.5. The van der Waals surface area contributed by atoms with E-state index < -0.39 is 0 Å². The molecule has 8 nitrogen and oxygen atoms in total. The fourth-order valence-electron chi connectivity index (χ4n) is 11.2. The van der Waals surface area contributed by atoms with Crippen molar-refractivity contribution in [3.8, 4) is 0 Å². The number of hydrogen-bond donors (Lipinski definition) is 0. The Balaban J connectivity index is 0.000000148. The standard InChI is InChI=1S/C17H19BrO2.2C16H17BrO2.CO2/c1-3-16(2)10-17(7-6-14(16)19)9-11-4-5-12(18)8-13(11)15(17)20;2*1-2-10-8-16(6-5-14(10)18)9-11-3-4-12(17)7-13(11)15(16)19;2-1-3/h4-5,8H,3,6-7,9-10H2,1-2H3;2*3-4,7,10H,2,5-6,8-9H2,1H3;/t;2*10-,16-;/m.10./s1. The number of carbonyl (C=O) groups is 6. The Kier molecular flexibility index (Phi) is 14.4. The second-order valence-corrected chi connectivity index (χ2v) is 21.2. The van der Waals surface area contributed by atoms with Crippen molar-refractivity contribution in [1.82, 2.24) is 0 Å². The number of rotatable bonds is 3. The predicted octanol–water partition coefficient (Wildman–Crippen LogP) is 11.7. The minimum Gasteiger partial charge on any atom is -0.299 e. The third-order valence-corrected chi connectivity index (χ3v) is 16.3. The molecular weight excluding hydrogens is 968 g/mol. The summed E-state index contributed by atoms with van der Waals surface area (Å²) in [5.41, 5.74) is 4.77. The summed E-state index contributed by atoms with van der Waals surface area (Å²) in [6, 6.07) is 17.9. The summed E-state index contributed by atoms with van der Waals surface area (Å²) in [6.07, 6.45) is 11.3. The smallest absolute Gasteiger partial charge is 0.299 e. The van der Waals surface area contributed by atoms with Crippen LogP contribution in [-0.4, -0.2) is 40.9 Å². The SMILES string of the molecule is CCC1(C)CC2(CCC1=O)Cc1ccc(Br)cc1C2=O.CC[C@@H]1C[C@]2(CCC1=O)Cc1ccc(Br)cc1C2=O.CC[C@H]1C[C@@]2(CCC1=O)Cc1ccc(Br)cc1C2=O.O=C=O. The van der Waals surface area contributed by atoms with Crippen molar-refractivity contribution in [3.63, 3.8) is 0 Å². The second kappa shape index (κ2) is 18.7. The second-order valence-electron chi connectivity index (χ2n) is 18.4. The fraction of sp³-hybridized carbons (Fsp3) is 0.500. The first-order valence-electron chi connectivity index (χ1n) is 21.5. The van der Waals surface area contributed by atoms with Crippen LogP contribution >= 0.6 is 47.8 Å². The lowest BCUT2D eigenvalue weighted by atomic mass is 9.59. The highest BCUT2D eigenvalue weighted by Gasteiger charge is 2.54. The van der Waals surface area contributed by atoms with Crippen LogP contribution in [0.1, 0.15) is 153 Å². The average Bonchev–Trinajstić information content (AvgIpc) is 3.77. The molecular formula is C50H53Br3O8. The molecule has 3 spiro atoms. The van der Waals surface area contributed by atoms with E-state index in [9.17, 15) is 28.8 Å². The molecule has 0 aromatic heterocycles. The van der Waals surface area contributed by atoms with Crippen molar-refractivity contribution in [1.29, 1.82) is 0 Å². The van der Waals surface area contributed by atoms with Gasteiger partial charge in [-0.3, -0.25) is 28.8 Å². The van der Waals surface area contributed by atoms with Crippen LogP contribution in [0.5, 0.6) is 0 Å². The molecule has 11 heteroatoms. The van der Waals surface area contributed by atoms with Crippen LogP contribution in [0, 0.1) is 33.5 Å². The van der Waals surface area contributed by atoms with Crippen molar-refractivity contribution in [2.24, 2.45) is 33.5 Å². The summed E-state index contributed by atoms with van der Waals surface area (Å²) in [6.45, 7) is 8.18. The Morgan fingerprint density at radius 2 is 0.902 bits per heavy atom. The average molecular weight is 1020 g/mol. The first-order valence-corrected chi connectivity index (χ1v) is 23.9. The van der Waals surface area contributed by atoms with Gasteiger partial charge in [-0.2, -0.15) is 9.59 Å². The van der Waals surface area contributed by atoms with Gasteiger partial charge in [-0.1, -0.05) is 93.7 Å². The zero-order chi connectivity index (χ0) is 44.5. The highest BCUT2D eigenvalue weighted by Crippen LogP contribution is 2.54. The Labute approximate surface area is 383 Å². The number of hydrogen-bond acceptors (Lipinski definition) is 8. The Hall–Kier alpha value is -3.50. The van der Waals surface area contributed by atoms with Gasteiger partial charge in [0, 0.05) is 82.9 Å². The van der Waals surface area contributed by atoms with E-state index in [0.717, 1.165) is 111 Å². The molecule has 0 heterocycles. The lowest BCUT2D eigenvalue weighted by molar-refractivity contribution is -0.191. The number of Topliss-reactive ketones (excluding diaryl/α,β-unsaturated/α-hetero) is 6. The molecule has 3 aromatic rings. The van der Waals surface area contributed by atoms with Gasteiger partial charge in [0.25, 0.3) is 0 Å². The fourth-order valence-corrected chi connectivity index (χ4v) is 12.3. The number of fused-ring (bicyclic) bond motifs is 3. The van der Waals surface area contributed by atoms with E-state index in [-0.39, 0.29) is 57.0 Å². The van der Waals surface area contributed by atoms with Crippen LogP contribution in [0.2, 0.25) is 0 Å². The monoisotopic (exact) mass is 1020 g/mol. The summed E-state index contributed by atoms with van der Waals surface area (Å²) >= 11 is 10.3. The van der Waals surface area contributed by atoms with Crippen LogP contribution in [-0.2, 0) is 43.2 Å². The molecule has 0 amide bonds. The zero-order valence-electron chi connectivity index (χ0n) is 35.4. The highest BCUT2D eigenvalue weighted by atomic mass is 79.9. The van der Waals surface area contributed by atoms with Crippen molar-refractivity contribution < 1.29 is 38.4 Å². The molecule has 61 heavy (non-hydrogen) atoms. The van der Waals surface area contributed by atoms with E-state index in [4.69, 9.17) is 9.59 Å². The van der Waals surface area contributed by atoms with Gasteiger partial charge in [0.1, 0.15) is 17.3 Å². The molecule has 3 fully saturated rings. The van der Waals surface area contributed by atoms with Gasteiger partial charge in [0.2, 0.25) is 0 Å². The molecule has 0 saturated heterocycles. The van der Waals surface area contributed by atoms with Gasteiger partial charge in [-0.25, -0.2) is 0 Å². The van der Waals surface area contributed by atoms with Gasteiger partial charge in [-0.15, -0.1) is 0 Å². The third-order valence-electron chi connectivity index (χ3n) is 14.9. The molecule has 0 N–H and O–H groups in total. The first kappa shape index (κ1) is 47.0. The number of halogens is 3. The van der Waals surface area contributed by atoms with Crippen molar-refractivity contribution in [2.45, 2.75) is 124 Å². The summed E-state index contributed by atoms with van der Waals surface area (Å²) < 4.78 is 2.86. The first-order chi connectivity index (χ1) is 28.9. The summed E-state index contributed by atoms with van der Waals surface area (Å²) in [7, 11) is 0. The largest absolute Gasteiger partial charge is 0.373 e. The summed E-state index contributed by atoms with van der Waals surface area (Å²) in [5, 5.41) is 0. The molecule has 322 valence electrons. The van der Waals surface area contributed by atoms with E-state index in [1.54, 1.807) is 0 Å². The van der Waals surface area contributed by atoms with Crippen LogP contribution in [0.25, 0.3) is 0 Å². The lowest BCUT2D eigenvalue weighted by Crippen LogP contribution is -2.44. The van der Waals surface area contributed by atoms with Crippen molar-refractivity contribution in [3.05, 3.63) is 101 Å². The Bertz CT molecular complexity index is 2230. The van der Waals surface area contributed by atoms with E-state index in [0.29, 0.717) is 49.5 Å². The highest BCUT2D eigenvalue weighted by molar-refractivity contribution is 9.11. The van der Waals surface area contributed by atoms with Crippen LogP contribution in [0.15, 0.2) is 68.0 Å². The van der Waals surface area contributed by atoms with Gasteiger partial charge < -0.3 is 0 Å². The Morgan fingerprint density at radius 1 is 0.557 bits per heavy atom. The third kappa shape index (κ3) is 9.14. The van der Waals surface area contributed by atoms with Gasteiger partial charge >= 0.3 is 6.15 Å². The summed E-state index contributed by atoms with van der Waals surface area (Å²) in [5.74, 6) is 1.95. The van der Waals surface area contributed by atoms with E-state index >= 15 is 0 Å². The van der Waals surface area contributed by atoms with Crippen LogP contribution in [0.4, 0.5) is 0 Å². The van der Waals surface area contributed by atoms with E-state index in [1.165, 1.54) is 0 Å². The maximum atomic E-state index is 12.9. The quantitative estimate of drug-likeness (QED) is 0.253. The molecule has 6 aliphatic carbocycles. The minimum absolute atomic E-state index is 0.0791. The summed E-state index contributed by atoms with van der Waals surface area (Å²) in [4.78, 5) is 90.6. The molecule has 0 bridgehead atoms. The molecule has 0 radical (unpaired) electrons. The maximum Gasteiger partial charge on any atom is 0.373 e. The number of ketones is 6.